The number of carbonyl (C=O) groups is 2. The van der Waals surface area contributed by atoms with Crippen molar-refractivity contribution in [1.29, 1.82) is 0 Å². The molecule has 0 aromatic carbocycles. The monoisotopic (exact) mass is 172 g/mol. The van der Waals surface area contributed by atoms with Crippen molar-refractivity contribution in [2.24, 2.45) is 5.92 Å². The molecule has 0 aromatic rings. The molecule has 0 saturated heterocycles. The van der Waals surface area contributed by atoms with E-state index >= 15 is 0 Å². The Morgan fingerprint density at radius 1 is 1.58 bits per heavy atom. The Bertz CT molecular complexity index is 195. The molecule has 68 valence electrons. The van der Waals surface area contributed by atoms with Gasteiger partial charge in [-0.3, -0.25) is 9.59 Å². The number of rotatable bonds is 4. The fraction of sp³-hybridized carbons (Fsp3) is 0.500. The van der Waals surface area contributed by atoms with E-state index in [9.17, 15) is 9.59 Å². The maximum Gasteiger partial charge on any atom is 0.324 e. The minimum absolute atomic E-state index is 0.195. The van der Waals surface area contributed by atoms with Gasteiger partial charge in [-0.05, 0) is 13.8 Å². The van der Waals surface area contributed by atoms with Crippen LogP contribution < -0.4 is 0 Å². The molecule has 12 heavy (non-hydrogen) atoms. The lowest BCUT2D eigenvalue weighted by Crippen LogP contribution is -2.23. The van der Waals surface area contributed by atoms with Crippen LogP contribution in [0.2, 0.25) is 0 Å². The smallest absolute Gasteiger partial charge is 0.324 e. The van der Waals surface area contributed by atoms with E-state index in [-0.39, 0.29) is 6.61 Å². The zero-order chi connectivity index (χ0) is 9.56. The summed E-state index contributed by atoms with van der Waals surface area (Å²) in [6.07, 6.45) is 2.80. The standard InChI is InChI=1S/C8H12O4/c1-3-5-6(7(9)10)8(11)12-4-2/h3,5-6H,4H2,1-2H3,(H,9,10)/b5-3+. The summed E-state index contributed by atoms with van der Waals surface area (Å²) in [6, 6.07) is 0. The molecule has 4 heteroatoms. The van der Waals surface area contributed by atoms with E-state index in [0.29, 0.717) is 0 Å². The van der Waals surface area contributed by atoms with Crippen LogP contribution in [-0.2, 0) is 14.3 Å². The predicted molar refractivity (Wildman–Crippen MR) is 42.6 cm³/mol. The molecule has 0 rings (SSSR count). The summed E-state index contributed by atoms with van der Waals surface area (Å²) >= 11 is 0. The molecule has 1 unspecified atom stereocenters. The Morgan fingerprint density at radius 3 is 2.50 bits per heavy atom. The van der Waals surface area contributed by atoms with Crippen LogP contribution in [-0.4, -0.2) is 23.7 Å². The van der Waals surface area contributed by atoms with Crippen molar-refractivity contribution in [3.8, 4) is 0 Å². The molecule has 0 aliphatic heterocycles. The molecule has 0 aliphatic carbocycles. The Morgan fingerprint density at radius 2 is 2.17 bits per heavy atom. The van der Waals surface area contributed by atoms with Gasteiger partial charge in [-0.2, -0.15) is 0 Å². The van der Waals surface area contributed by atoms with Gasteiger partial charge in [-0.25, -0.2) is 0 Å². The summed E-state index contributed by atoms with van der Waals surface area (Å²) in [4.78, 5) is 21.4. The number of allylic oxidation sites excluding steroid dienone is 1. The van der Waals surface area contributed by atoms with Crippen molar-refractivity contribution in [3.63, 3.8) is 0 Å². The highest BCUT2D eigenvalue weighted by Crippen LogP contribution is 2.02. The lowest BCUT2D eigenvalue weighted by Gasteiger charge is -2.05. The molecule has 0 aliphatic rings. The van der Waals surface area contributed by atoms with E-state index in [1.807, 2.05) is 0 Å². The number of aliphatic carboxylic acids is 1. The SMILES string of the molecule is C/C=C/C(C(=O)O)C(=O)OCC. The van der Waals surface area contributed by atoms with E-state index < -0.39 is 17.9 Å². The molecule has 0 spiro atoms. The summed E-state index contributed by atoms with van der Waals surface area (Å²) in [5.41, 5.74) is 0. The van der Waals surface area contributed by atoms with Gasteiger partial charge in [0.1, 0.15) is 0 Å². The van der Waals surface area contributed by atoms with Gasteiger partial charge >= 0.3 is 11.9 Å². The van der Waals surface area contributed by atoms with Gasteiger partial charge in [-0.15, -0.1) is 0 Å². The Balaban J connectivity index is 4.29. The van der Waals surface area contributed by atoms with Crippen LogP contribution in [0.25, 0.3) is 0 Å². The predicted octanol–water partition coefficient (Wildman–Crippen LogP) is 0.826. The van der Waals surface area contributed by atoms with Crippen molar-refractivity contribution in [2.45, 2.75) is 13.8 Å². The van der Waals surface area contributed by atoms with Crippen molar-refractivity contribution >= 4 is 11.9 Å². The highest BCUT2D eigenvalue weighted by atomic mass is 16.5. The van der Waals surface area contributed by atoms with E-state index in [1.54, 1.807) is 13.8 Å². The Hall–Kier alpha value is -1.32. The van der Waals surface area contributed by atoms with Crippen molar-refractivity contribution in [1.82, 2.24) is 0 Å². The second kappa shape index (κ2) is 5.35. The van der Waals surface area contributed by atoms with Crippen LogP contribution in [0, 0.1) is 5.92 Å². The number of hydrogen-bond acceptors (Lipinski definition) is 3. The van der Waals surface area contributed by atoms with E-state index in [1.165, 1.54) is 12.2 Å². The summed E-state index contributed by atoms with van der Waals surface area (Å²) < 4.78 is 4.55. The van der Waals surface area contributed by atoms with Gasteiger partial charge in [0.2, 0.25) is 0 Å². The second-order valence-electron chi connectivity index (χ2n) is 2.09. The molecule has 0 radical (unpaired) electrons. The third-order valence-corrected chi connectivity index (χ3v) is 1.19. The molecule has 0 amide bonds. The molecule has 1 atom stereocenters. The van der Waals surface area contributed by atoms with Gasteiger partial charge in [0.15, 0.2) is 5.92 Å². The quantitative estimate of drug-likeness (QED) is 0.387. The zero-order valence-electron chi connectivity index (χ0n) is 7.11. The van der Waals surface area contributed by atoms with Crippen LogP contribution >= 0.6 is 0 Å². The third-order valence-electron chi connectivity index (χ3n) is 1.19. The minimum Gasteiger partial charge on any atom is -0.480 e. The van der Waals surface area contributed by atoms with Crippen molar-refractivity contribution in [2.75, 3.05) is 6.61 Å². The summed E-state index contributed by atoms with van der Waals surface area (Å²) in [6.45, 7) is 3.47. The maximum atomic E-state index is 10.9. The van der Waals surface area contributed by atoms with Gasteiger partial charge < -0.3 is 9.84 Å². The first-order valence-corrected chi connectivity index (χ1v) is 3.65. The number of carboxylic acids is 1. The summed E-state index contributed by atoms with van der Waals surface area (Å²) in [5, 5.41) is 8.55. The number of carbonyl (C=O) groups excluding carboxylic acids is 1. The van der Waals surface area contributed by atoms with Crippen LogP contribution in [0.5, 0.6) is 0 Å². The van der Waals surface area contributed by atoms with E-state index in [4.69, 9.17) is 5.11 Å². The van der Waals surface area contributed by atoms with Gasteiger partial charge in [0, 0.05) is 0 Å². The molecular weight excluding hydrogens is 160 g/mol. The summed E-state index contributed by atoms with van der Waals surface area (Å²) in [5.74, 6) is -3.08. The molecule has 4 nitrogen and oxygen atoms in total. The Labute approximate surface area is 70.8 Å². The van der Waals surface area contributed by atoms with Crippen molar-refractivity contribution in [3.05, 3.63) is 12.2 Å². The van der Waals surface area contributed by atoms with Gasteiger partial charge in [-0.1, -0.05) is 12.2 Å². The van der Waals surface area contributed by atoms with Crippen LogP contribution in [0.15, 0.2) is 12.2 Å². The minimum atomic E-state index is -1.19. The average Bonchev–Trinajstić information content (AvgIpc) is 1.99. The number of ether oxygens (including phenoxy) is 1. The highest BCUT2D eigenvalue weighted by Gasteiger charge is 2.23. The normalized spacial score (nSPS) is 12.8. The highest BCUT2D eigenvalue weighted by molar-refractivity contribution is 5.95. The summed E-state index contributed by atoms with van der Waals surface area (Å²) in [7, 11) is 0. The topological polar surface area (TPSA) is 63.6 Å². The molecule has 0 fully saturated rings. The molecular formula is C8H12O4. The second-order valence-corrected chi connectivity index (χ2v) is 2.09. The van der Waals surface area contributed by atoms with Crippen LogP contribution in [0.1, 0.15) is 13.8 Å². The van der Waals surface area contributed by atoms with E-state index in [0.717, 1.165) is 0 Å². The lowest BCUT2D eigenvalue weighted by atomic mass is 10.1. The molecule has 0 bridgehead atoms. The van der Waals surface area contributed by atoms with Gasteiger partial charge in [0.05, 0.1) is 6.61 Å². The first kappa shape index (κ1) is 10.7. The van der Waals surface area contributed by atoms with Crippen molar-refractivity contribution < 1.29 is 19.4 Å². The Kier molecular flexibility index (Phi) is 4.76. The molecule has 0 aromatic heterocycles. The number of hydrogen-bond donors (Lipinski definition) is 1. The average molecular weight is 172 g/mol. The molecule has 1 N–H and O–H groups in total. The maximum absolute atomic E-state index is 10.9. The van der Waals surface area contributed by atoms with Crippen LogP contribution in [0.3, 0.4) is 0 Å². The van der Waals surface area contributed by atoms with Crippen LogP contribution in [0.4, 0.5) is 0 Å². The zero-order valence-corrected chi connectivity index (χ0v) is 7.11. The number of esters is 1. The fourth-order valence-electron chi connectivity index (χ4n) is 0.686. The molecule has 0 saturated carbocycles. The largest absolute Gasteiger partial charge is 0.480 e. The molecule has 0 heterocycles. The third kappa shape index (κ3) is 3.18. The first-order chi connectivity index (χ1) is 5.63. The van der Waals surface area contributed by atoms with E-state index in [2.05, 4.69) is 4.74 Å². The fourth-order valence-corrected chi connectivity index (χ4v) is 0.686. The lowest BCUT2D eigenvalue weighted by molar-refractivity contribution is -0.155. The van der Waals surface area contributed by atoms with Gasteiger partial charge in [0.25, 0.3) is 0 Å². The first-order valence-electron chi connectivity index (χ1n) is 3.65. The number of carboxylic acid groups (broad SMARTS) is 1.